The van der Waals surface area contributed by atoms with E-state index in [0.717, 1.165) is 37.1 Å². The Morgan fingerprint density at radius 3 is 2.67 bits per heavy atom. The van der Waals surface area contributed by atoms with E-state index >= 15 is 0 Å². The first-order valence-electron chi connectivity index (χ1n) is 8.10. The molecule has 5 nitrogen and oxygen atoms in total. The highest BCUT2D eigenvalue weighted by Crippen LogP contribution is 2.26. The molecule has 0 radical (unpaired) electrons. The van der Waals surface area contributed by atoms with Gasteiger partial charge in [0.15, 0.2) is 0 Å². The summed E-state index contributed by atoms with van der Waals surface area (Å²) >= 11 is 0. The van der Waals surface area contributed by atoms with Crippen molar-refractivity contribution in [2.45, 2.75) is 31.5 Å². The van der Waals surface area contributed by atoms with Crippen LogP contribution in [0.2, 0.25) is 0 Å². The Balaban J connectivity index is 0.00000144. The lowest BCUT2D eigenvalue weighted by Gasteiger charge is -2.35. The van der Waals surface area contributed by atoms with Crippen LogP contribution >= 0.6 is 24.8 Å². The topological polar surface area (TPSA) is 55.8 Å². The number of aliphatic hydroxyl groups is 1. The number of piperidine rings is 1. The van der Waals surface area contributed by atoms with E-state index in [1.807, 2.05) is 31.3 Å². The van der Waals surface area contributed by atoms with Gasteiger partial charge in [0.1, 0.15) is 0 Å². The van der Waals surface area contributed by atoms with E-state index in [1.54, 1.807) is 4.90 Å². The van der Waals surface area contributed by atoms with Crippen molar-refractivity contribution in [1.82, 2.24) is 15.1 Å². The smallest absolute Gasteiger partial charge is 0.237 e. The lowest BCUT2D eigenvalue weighted by molar-refractivity contribution is -0.135. The highest BCUT2D eigenvalue weighted by molar-refractivity contribution is 5.85. The summed E-state index contributed by atoms with van der Waals surface area (Å²) in [4.78, 5) is 16.5. The molecule has 0 aliphatic carbocycles. The van der Waals surface area contributed by atoms with Gasteiger partial charge in [-0.1, -0.05) is 24.3 Å². The fourth-order valence-corrected chi connectivity index (χ4v) is 3.46. The van der Waals surface area contributed by atoms with Gasteiger partial charge in [0.2, 0.25) is 5.91 Å². The molecule has 0 saturated carbocycles. The van der Waals surface area contributed by atoms with Crippen LogP contribution in [0.3, 0.4) is 0 Å². The second-order valence-corrected chi connectivity index (χ2v) is 6.39. The normalized spacial score (nSPS) is 20.8. The van der Waals surface area contributed by atoms with Gasteiger partial charge in [0.25, 0.3) is 0 Å². The standard InChI is InChI=1S/C17H25N3O2.2ClH/c1-19(14-6-8-18-9-7-14)12-17(22)20-10-13-4-2-3-5-15(13)16(21)11-20;;/h2-5,14,16,18,21H,6-12H2,1H3;2*1H. The number of aliphatic hydroxyl groups excluding tert-OH is 1. The van der Waals surface area contributed by atoms with Gasteiger partial charge in [-0.15, -0.1) is 24.8 Å². The number of nitrogens with one attached hydrogen (secondary N) is 1. The SMILES string of the molecule is CN(CC(=O)N1Cc2ccccc2C(O)C1)C1CCNCC1.Cl.Cl. The molecule has 2 aliphatic rings. The van der Waals surface area contributed by atoms with E-state index in [2.05, 4.69) is 10.2 Å². The Morgan fingerprint density at radius 1 is 1.29 bits per heavy atom. The second kappa shape index (κ2) is 9.59. The minimum absolute atomic E-state index is 0. The molecule has 136 valence electrons. The third-order valence-electron chi connectivity index (χ3n) is 4.84. The molecule has 2 N–H and O–H groups in total. The molecule has 24 heavy (non-hydrogen) atoms. The van der Waals surface area contributed by atoms with Gasteiger partial charge >= 0.3 is 0 Å². The number of likely N-dealkylation sites (N-methyl/N-ethyl adjacent to an activating group) is 1. The van der Waals surface area contributed by atoms with Crippen molar-refractivity contribution >= 4 is 30.7 Å². The number of β-amino-alcohol motifs (C(OH)–C–C–N with tert-alkyl or cyclic N) is 1. The van der Waals surface area contributed by atoms with Crippen molar-refractivity contribution < 1.29 is 9.90 Å². The molecule has 1 aromatic carbocycles. The third-order valence-corrected chi connectivity index (χ3v) is 4.84. The van der Waals surface area contributed by atoms with Gasteiger partial charge in [-0.2, -0.15) is 0 Å². The molecule has 2 aliphatic heterocycles. The molecular weight excluding hydrogens is 349 g/mol. The van der Waals surface area contributed by atoms with E-state index in [9.17, 15) is 9.90 Å². The summed E-state index contributed by atoms with van der Waals surface area (Å²) in [6.45, 7) is 3.49. The number of halogens is 2. The number of carbonyl (C=O) groups is 1. The maximum atomic E-state index is 12.6. The Hall–Kier alpha value is -0.850. The summed E-state index contributed by atoms with van der Waals surface area (Å²) in [5.74, 6) is 0.106. The average Bonchev–Trinajstić information content (AvgIpc) is 2.55. The quantitative estimate of drug-likeness (QED) is 0.842. The molecule has 0 spiro atoms. The summed E-state index contributed by atoms with van der Waals surface area (Å²) < 4.78 is 0. The largest absolute Gasteiger partial charge is 0.387 e. The Morgan fingerprint density at radius 2 is 1.96 bits per heavy atom. The van der Waals surface area contributed by atoms with Crippen LogP contribution in [0, 0.1) is 0 Å². The molecule has 1 aromatic rings. The molecule has 0 bridgehead atoms. The fourth-order valence-electron chi connectivity index (χ4n) is 3.46. The molecule has 1 saturated heterocycles. The van der Waals surface area contributed by atoms with Crippen molar-refractivity contribution in [3.63, 3.8) is 0 Å². The molecule has 1 unspecified atom stereocenters. The van der Waals surface area contributed by atoms with Gasteiger partial charge < -0.3 is 15.3 Å². The molecule has 3 rings (SSSR count). The zero-order valence-corrected chi connectivity index (χ0v) is 15.6. The van der Waals surface area contributed by atoms with Crippen molar-refractivity contribution in [1.29, 1.82) is 0 Å². The summed E-state index contributed by atoms with van der Waals surface area (Å²) in [5.41, 5.74) is 2.01. The molecule has 1 atom stereocenters. The van der Waals surface area contributed by atoms with Crippen LogP contribution in [-0.4, -0.2) is 60.1 Å². The molecular formula is C17H27Cl2N3O2. The van der Waals surface area contributed by atoms with Gasteiger partial charge in [-0.3, -0.25) is 9.69 Å². The first kappa shape index (κ1) is 21.2. The van der Waals surface area contributed by atoms with Gasteiger partial charge in [0.05, 0.1) is 19.2 Å². The van der Waals surface area contributed by atoms with Crippen LogP contribution < -0.4 is 5.32 Å². The average molecular weight is 376 g/mol. The van der Waals surface area contributed by atoms with E-state index in [0.29, 0.717) is 25.7 Å². The minimum Gasteiger partial charge on any atom is -0.387 e. The van der Waals surface area contributed by atoms with E-state index in [4.69, 9.17) is 0 Å². The number of rotatable bonds is 3. The zero-order chi connectivity index (χ0) is 15.5. The van der Waals surface area contributed by atoms with Crippen LogP contribution in [0.1, 0.15) is 30.1 Å². The number of hydrogen-bond donors (Lipinski definition) is 2. The van der Waals surface area contributed by atoms with E-state index in [-0.39, 0.29) is 30.7 Å². The number of benzene rings is 1. The lowest BCUT2D eigenvalue weighted by atomic mass is 9.97. The Kier molecular flexibility index (Phi) is 8.46. The van der Waals surface area contributed by atoms with Crippen LogP contribution in [0.25, 0.3) is 0 Å². The zero-order valence-electron chi connectivity index (χ0n) is 14.0. The van der Waals surface area contributed by atoms with Crippen LogP contribution in [0.4, 0.5) is 0 Å². The molecule has 1 amide bonds. The number of fused-ring (bicyclic) bond motifs is 1. The molecule has 0 aromatic heterocycles. The third kappa shape index (κ3) is 4.83. The van der Waals surface area contributed by atoms with Crippen LogP contribution in [0.15, 0.2) is 24.3 Å². The van der Waals surface area contributed by atoms with Crippen molar-refractivity contribution in [3.8, 4) is 0 Å². The number of nitrogens with zero attached hydrogens (tertiary/aromatic N) is 2. The summed E-state index contributed by atoms with van der Waals surface area (Å²) in [6.07, 6.45) is 1.61. The summed E-state index contributed by atoms with van der Waals surface area (Å²) in [6, 6.07) is 8.31. The van der Waals surface area contributed by atoms with Crippen molar-refractivity contribution in [3.05, 3.63) is 35.4 Å². The first-order valence-corrected chi connectivity index (χ1v) is 8.10. The Labute approximate surface area is 156 Å². The minimum atomic E-state index is -0.571. The Bertz CT molecular complexity index is 538. The first-order chi connectivity index (χ1) is 10.6. The predicted molar refractivity (Wildman–Crippen MR) is 99.8 cm³/mol. The number of carbonyl (C=O) groups excluding carboxylic acids is 1. The predicted octanol–water partition coefficient (Wildman–Crippen LogP) is 1.59. The van der Waals surface area contributed by atoms with Crippen LogP contribution in [0.5, 0.6) is 0 Å². The van der Waals surface area contributed by atoms with Crippen LogP contribution in [-0.2, 0) is 11.3 Å². The molecule has 7 heteroatoms. The highest BCUT2D eigenvalue weighted by atomic mass is 35.5. The fraction of sp³-hybridized carbons (Fsp3) is 0.588. The van der Waals surface area contributed by atoms with Crippen molar-refractivity contribution in [2.24, 2.45) is 0 Å². The van der Waals surface area contributed by atoms with Gasteiger partial charge in [-0.25, -0.2) is 0 Å². The van der Waals surface area contributed by atoms with Crippen molar-refractivity contribution in [2.75, 3.05) is 33.2 Å². The second-order valence-electron chi connectivity index (χ2n) is 6.39. The molecule has 2 heterocycles. The highest BCUT2D eigenvalue weighted by Gasteiger charge is 2.28. The van der Waals surface area contributed by atoms with Gasteiger partial charge in [0, 0.05) is 12.6 Å². The molecule has 1 fully saturated rings. The lowest BCUT2D eigenvalue weighted by Crippen LogP contribution is -2.47. The monoisotopic (exact) mass is 375 g/mol. The van der Waals surface area contributed by atoms with Gasteiger partial charge in [-0.05, 0) is 44.1 Å². The van der Waals surface area contributed by atoms with E-state index in [1.165, 1.54) is 0 Å². The summed E-state index contributed by atoms with van der Waals surface area (Å²) in [7, 11) is 2.03. The number of hydrogen-bond acceptors (Lipinski definition) is 4. The van der Waals surface area contributed by atoms with E-state index < -0.39 is 6.10 Å². The maximum Gasteiger partial charge on any atom is 0.237 e. The maximum absolute atomic E-state index is 12.6. The number of amides is 1. The summed E-state index contributed by atoms with van der Waals surface area (Å²) in [5, 5.41) is 13.6.